The van der Waals surface area contributed by atoms with Crippen molar-refractivity contribution in [3.05, 3.63) is 35.6 Å². The minimum absolute atomic E-state index is 0.136. The van der Waals surface area contributed by atoms with Crippen molar-refractivity contribution in [2.75, 3.05) is 0 Å². The van der Waals surface area contributed by atoms with E-state index in [1.54, 1.807) is 12.1 Å². The van der Waals surface area contributed by atoms with E-state index in [-0.39, 0.29) is 5.82 Å². The topological polar surface area (TPSA) is 0 Å². The Balaban J connectivity index is 2.25. The zero-order valence-corrected chi connectivity index (χ0v) is 11.5. The first-order chi connectivity index (χ1) is 7.72. The van der Waals surface area contributed by atoms with Crippen LogP contribution in [0.4, 0.5) is 4.39 Å². The summed E-state index contributed by atoms with van der Waals surface area (Å²) < 4.78 is 13.0. The molecule has 0 aliphatic carbocycles. The highest BCUT2D eigenvalue weighted by molar-refractivity contribution is 9.09. The SMILES string of the molecule is CCCCCCC(Br)Cc1cccc(F)c1. The Bertz CT molecular complexity index is 299. The normalized spacial score (nSPS) is 12.7. The predicted octanol–water partition coefficient (Wildman–Crippen LogP) is 5.10. The Morgan fingerprint density at radius 3 is 2.75 bits per heavy atom. The largest absolute Gasteiger partial charge is 0.207 e. The van der Waals surface area contributed by atoms with Gasteiger partial charge in [0.25, 0.3) is 0 Å². The Labute approximate surface area is 106 Å². The molecule has 0 saturated heterocycles. The number of benzene rings is 1. The minimum Gasteiger partial charge on any atom is -0.207 e. The molecule has 1 atom stereocenters. The summed E-state index contributed by atoms with van der Waals surface area (Å²) in [5.41, 5.74) is 1.08. The molecule has 0 nitrogen and oxygen atoms in total. The molecule has 0 aromatic heterocycles. The van der Waals surface area contributed by atoms with Crippen LogP contribution in [-0.2, 0) is 6.42 Å². The van der Waals surface area contributed by atoms with Gasteiger partial charge in [0.15, 0.2) is 0 Å². The molecule has 1 rings (SSSR count). The molecule has 0 radical (unpaired) electrons. The van der Waals surface area contributed by atoms with E-state index >= 15 is 0 Å². The molecule has 0 saturated carbocycles. The van der Waals surface area contributed by atoms with E-state index in [4.69, 9.17) is 0 Å². The fourth-order valence-corrected chi connectivity index (χ4v) is 2.51. The van der Waals surface area contributed by atoms with Gasteiger partial charge in [-0.15, -0.1) is 0 Å². The Morgan fingerprint density at radius 2 is 2.06 bits per heavy atom. The highest BCUT2D eigenvalue weighted by Crippen LogP contribution is 2.17. The Hall–Kier alpha value is -0.370. The van der Waals surface area contributed by atoms with Gasteiger partial charge in [-0.25, -0.2) is 4.39 Å². The van der Waals surface area contributed by atoms with E-state index in [1.165, 1.54) is 38.2 Å². The van der Waals surface area contributed by atoms with Crippen molar-refractivity contribution in [2.24, 2.45) is 0 Å². The van der Waals surface area contributed by atoms with E-state index in [1.807, 2.05) is 6.07 Å². The molecular formula is C14H20BrF. The van der Waals surface area contributed by atoms with Crippen LogP contribution in [0.3, 0.4) is 0 Å². The van der Waals surface area contributed by atoms with Gasteiger partial charge in [-0.1, -0.05) is 60.7 Å². The molecule has 2 heteroatoms. The van der Waals surface area contributed by atoms with E-state index in [2.05, 4.69) is 22.9 Å². The summed E-state index contributed by atoms with van der Waals surface area (Å²) in [6.07, 6.45) is 7.26. The van der Waals surface area contributed by atoms with Gasteiger partial charge < -0.3 is 0 Å². The summed E-state index contributed by atoms with van der Waals surface area (Å²) in [6, 6.07) is 6.89. The van der Waals surface area contributed by atoms with Crippen LogP contribution >= 0.6 is 15.9 Å². The summed E-state index contributed by atoms with van der Waals surface area (Å²) in [4.78, 5) is 0.478. The van der Waals surface area contributed by atoms with Gasteiger partial charge in [0, 0.05) is 4.83 Å². The highest BCUT2D eigenvalue weighted by atomic mass is 79.9. The fraction of sp³-hybridized carbons (Fsp3) is 0.571. The van der Waals surface area contributed by atoms with Crippen molar-refractivity contribution in [3.8, 4) is 0 Å². The molecule has 1 aromatic rings. The summed E-state index contributed by atoms with van der Waals surface area (Å²) >= 11 is 3.67. The van der Waals surface area contributed by atoms with Crippen LogP contribution < -0.4 is 0 Å². The first-order valence-electron chi connectivity index (χ1n) is 6.11. The van der Waals surface area contributed by atoms with Crippen molar-refractivity contribution in [3.63, 3.8) is 0 Å². The van der Waals surface area contributed by atoms with Crippen LogP contribution in [0.15, 0.2) is 24.3 Å². The molecule has 1 unspecified atom stereocenters. The number of hydrogen-bond acceptors (Lipinski definition) is 0. The van der Waals surface area contributed by atoms with Gasteiger partial charge in [-0.2, -0.15) is 0 Å². The van der Waals surface area contributed by atoms with Crippen LogP contribution in [0.1, 0.15) is 44.6 Å². The average Bonchev–Trinajstić information content (AvgIpc) is 2.24. The van der Waals surface area contributed by atoms with E-state index in [0.29, 0.717) is 4.83 Å². The maximum absolute atomic E-state index is 13.0. The van der Waals surface area contributed by atoms with Crippen molar-refractivity contribution in [1.29, 1.82) is 0 Å². The highest BCUT2D eigenvalue weighted by Gasteiger charge is 2.05. The Kier molecular flexibility index (Phi) is 6.70. The zero-order chi connectivity index (χ0) is 11.8. The maximum Gasteiger partial charge on any atom is 0.123 e. The number of unbranched alkanes of at least 4 members (excludes halogenated alkanes) is 3. The van der Waals surface area contributed by atoms with Crippen molar-refractivity contribution in [1.82, 2.24) is 0 Å². The van der Waals surface area contributed by atoms with Crippen LogP contribution in [0.25, 0.3) is 0 Å². The first-order valence-corrected chi connectivity index (χ1v) is 7.02. The molecule has 16 heavy (non-hydrogen) atoms. The average molecular weight is 287 g/mol. The van der Waals surface area contributed by atoms with Gasteiger partial charge in [-0.05, 0) is 30.5 Å². The number of alkyl halides is 1. The lowest BCUT2D eigenvalue weighted by molar-refractivity contribution is 0.612. The van der Waals surface area contributed by atoms with Crippen molar-refractivity contribution >= 4 is 15.9 Å². The third-order valence-electron chi connectivity index (χ3n) is 2.72. The third kappa shape index (κ3) is 5.64. The summed E-state index contributed by atoms with van der Waals surface area (Å²) in [5, 5.41) is 0. The number of hydrogen-bond donors (Lipinski definition) is 0. The fourth-order valence-electron chi connectivity index (χ4n) is 1.81. The summed E-state index contributed by atoms with van der Waals surface area (Å²) in [6.45, 7) is 2.22. The van der Waals surface area contributed by atoms with E-state index in [9.17, 15) is 4.39 Å². The summed E-state index contributed by atoms with van der Waals surface area (Å²) in [5.74, 6) is -0.136. The van der Waals surface area contributed by atoms with Gasteiger partial charge in [-0.3, -0.25) is 0 Å². The smallest absolute Gasteiger partial charge is 0.123 e. The standard InChI is InChI=1S/C14H20BrF/c1-2-3-4-5-8-13(15)10-12-7-6-9-14(16)11-12/h6-7,9,11,13H,2-5,8,10H2,1H3. The van der Waals surface area contributed by atoms with E-state index in [0.717, 1.165) is 12.0 Å². The second-order valence-corrected chi connectivity index (χ2v) is 5.58. The molecule has 0 fully saturated rings. The minimum atomic E-state index is -0.136. The lowest BCUT2D eigenvalue weighted by Gasteiger charge is -2.09. The van der Waals surface area contributed by atoms with Crippen LogP contribution in [-0.4, -0.2) is 4.83 Å². The molecule has 1 aromatic carbocycles. The number of rotatable bonds is 7. The predicted molar refractivity (Wildman–Crippen MR) is 71.6 cm³/mol. The molecule has 0 amide bonds. The lowest BCUT2D eigenvalue weighted by atomic mass is 10.0. The third-order valence-corrected chi connectivity index (χ3v) is 3.50. The van der Waals surface area contributed by atoms with Crippen LogP contribution in [0, 0.1) is 5.82 Å². The number of halogens is 2. The second-order valence-electron chi connectivity index (χ2n) is 4.28. The zero-order valence-electron chi connectivity index (χ0n) is 9.89. The molecule has 90 valence electrons. The molecule has 0 heterocycles. The first kappa shape index (κ1) is 13.7. The second kappa shape index (κ2) is 7.83. The monoisotopic (exact) mass is 286 g/mol. The van der Waals surface area contributed by atoms with E-state index < -0.39 is 0 Å². The summed E-state index contributed by atoms with van der Waals surface area (Å²) in [7, 11) is 0. The molecular weight excluding hydrogens is 267 g/mol. The maximum atomic E-state index is 13.0. The molecule has 0 N–H and O–H groups in total. The van der Waals surface area contributed by atoms with Gasteiger partial charge >= 0.3 is 0 Å². The molecule has 0 spiro atoms. The van der Waals surface area contributed by atoms with Crippen molar-refractivity contribution < 1.29 is 4.39 Å². The molecule has 0 aliphatic rings. The van der Waals surface area contributed by atoms with Gasteiger partial charge in [0.2, 0.25) is 0 Å². The Morgan fingerprint density at radius 1 is 1.25 bits per heavy atom. The quantitative estimate of drug-likeness (QED) is 0.483. The molecule has 0 bridgehead atoms. The molecule has 0 aliphatic heterocycles. The van der Waals surface area contributed by atoms with Gasteiger partial charge in [0.05, 0.1) is 0 Å². The van der Waals surface area contributed by atoms with Crippen molar-refractivity contribution in [2.45, 2.75) is 50.3 Å². The van der Waals surface area contributed by atoms with Gasteiger partial charge in [0.1, 0.15) is 5.82 Å². The van der Waals surface area contributed by atoms with Crippen LogP contribution in [0.5, 0.6) is 0 Å². The van der Waals surface area contributed by atoms with Crippen LogP contribution in [0.2, 0.25) is 0 Å². The lowest BCUT2D eigenvalue weighted by Crippen LogP contribution is -2.02.